The molecular formula is C15H19N. The van der Waals surface area contributed by atoms with E-state index in [1.165, 1.54) is 24.8 Å². The van der Waals surface area contributed by atoms with E-state index in [9.17, 15) is 0 Å². The predicted molar refractivity (Wildman–Crippen MR) is 68.4 cm³/mol. The molecule has 2 rings (SSSR count). The van der Waals surface area contributed by atoms with Crippen molar-refractivity contribution in [1.82, 2.24) is 5.32 Å². The van der Waals surface area contributed by atoms with Gasteiger partial charge < -0.3 is 5.32 Å². The van der Waals surface area contributed by atoms with Crippen LogP contribution in [0.5, 0.6) is 0 Å². The molecule has 0 amide bonds. The van der Waals surface area contributed by atoms with E-state index in [4.69, 9.17) is 6.42 Å². The van der Waals surface area contributed by atoms with Crippen molar-refractivity contribution in [2.75, 3.05) is 13.1 Å². The van der Waals surface area contributed by atoms with Gasteiger partial charge in [-0.05, 0) is 36.3 Å². The topological polar surface area (TPSA) is 12.0 Å². The van der Waals surface area contributed by atoms with E-state index in [1.807, 2.05) is 0 Å². The number of rotatable bonds is 4. The van der Waals surface area contributed by atoms with Gasteiger partial charge in [0.15, 0.2) is 0 Å². The summed E-state index contributed by atoms with van der Waals surface area (Å²) in [6.07, 6.45) is 9.93. The standard InChI is InChI=1S/C15H19N/c1-2-3-11-16-12-14-9-6-8-13-7-4-5-10-15(13)14/h1,4-5,7,10,14,16H,3,6,8-9,11-12H2. The number of nitrogens with one attached hydrogen (secondary N) is 1. The van der Waals surface area contributed by atoms with Gasteiger partial charge in [0.1, 0.15) is 0 Å². The Balaban J connectivity index is 1.94. The zero-order valence-electron chi connectivity index (χ0n) is 9.71. The molecule has 1 nitrogen and oxygen atoms in total. The average Bonchev–Trinajstić information content (AvgIpc) is 2.35. The normalized spacial score (nSPS) is 18.8. The monoisotopic (exact) mass is 213 g/mol. The highest BCUT2D eigenvalue weighted by atomic mass is 14.9. The SMILES string of the molecule is C#CCCNCC1CCCc2ccccc21. The minimum absolute atomic E-state index is 0.683. The van der Waals surface area contributed by atoms with Crippen molar-refractivity contribution in [3.05, 3.63) is 35.4 Å². The van der Waals surface area contributed by atoms with Crippen molar-refractivity contribution in [1.29, 1.82) is 0 Å². The Bertz CT molecular complexity index is 375. The van der Waals surface area contributed by atoms with E-state index in [0.29, 0.717) is 5.92 Å². The number of terminal acetylenes is 1. The highest BCUT2D eigenvalue weighted by molar-refractivity contribution is 5.32. The lowest BCUT2D eigenvalue weighted by atomic mass is 9.83. The molecular weight excluding hydrogens is 194 g/mol. The summed E-state index contributed by atoms with van der Waals surface area (Å²) in [5.41, 5.74) is 3.08. The summed E-state index contributed by atoms with van der Waals surface area (Å²) < 4.78 is 0. The fourth-order valence-corrected chi connectivity index (χ4v) is 2.50. The Morgan fingerprint density at radius 1 is 1.38 bits per heavy atom. The number of hydrogen-bond acceptors (Lipinski definition) is 1. The molecule has 16 heavy (non-hydrogen) atoms. The first kappa shape index (κ1) is 11.2. The van der Waals surface area contributed by atoms with Crippen molar-refractivity contribution in [2.24, 2.45) is 0 Å². The molecule has 1 unspecified atom stereocenters. The third-order valence-corrected chi connectivity index (χ3v) is 3.33. The van der Waals surface area contributed by atoms with Crippen LogP contribution in [0.25, 0.3) is 0 Å². The van der Waals surface area contributed by atoms with E-state index >= 15 is 0 Å². The molecule has 0 spiro atoms. The van der Waals surface area contributed by atoms with E-state index in [1.54, 1.807) is 5.56 Å². The quantitative estimate of drug-likeness (QED) is 0.599. The fraction of sp³-hybridized carbons (Fsp3) is 0.467. The molecule has 84 valence electrons. The predicted octanol–water partition coefficient (Wildman–Crippen LogP) is 2.72. The smallest absolute Gasteiger partial charge is 0.0211 e. The lowest BCUT2D eigenvalue weighted by molar-refractivity contribution is 0.511. The van der Waals surface area contributed by atoms with Gasteiger partial charge in [-0.3, -0.25) is 0 Å². The van der Waals surface area contributed by atoms with Gasteiger partial charge in [-0.25, -0.2) is 0 Å². The van der Waals surface area contributed by atoms with Gasteiger partial charge in [0.05, 0.1) is 0 Å². The Hall–Kier alpha value is -1.26. The zero-order valence-corrected chi connectivity index (χ0v) is 9.71. The maximum absolute atomic E-state index is 5.23. The second-order valence-electron chi connectivity index (χ2n) is 4.45. The molecule has 0 aliphatic heterocycles. The van der Waals surface area contributed by atoms with Crippen molar-refractivity contribution in [2.45, 2.75) is 31.6 Å². The molecule has 1 aromatic rings. The summed E-state index contributed by atoms with van der Waals surface area (Å²) in [5, 5.41) is 3.45. The number of hydrogen-bond donors (Lipinski definition) is 1. The van der Waals surface area contributed by atoms with Crippen LogP contribution in [0.2, 0.25) is 0 Å². The molecule has 0 saturated heterocycles. The second kappa shape index (κ2) is 5.72. The molecule has 0 radical (unpaired) electrons. The second-order valence-corrected chi connectivity index (χ2v) is 4.45. The summed E-state index contributed by atoms with van der Waals surface area (Å²) in [5.74, 6) is 3.35. The fourth-order valence-electron chi connectivity index (χ4n) is 2.50. The Kier molecular flexibility index (Phi) is 4.02. The van der Waals surface area contributed by atoms with Gasteiger partial charge in [-0.2, -0.15) is 0 Å². The van der Waals surface area contributed by atoms with E-state index in [0.717, 1.165) is 19.5 Å². The van der Waals surface area contributed by atoms with Gasteiger partial charge in [-0.1, -0.05) is 24.3 Å². The number of fused-ring (bicyclic) bond motifs is 1. The molecule has 0 heterocycles. The van der Waals surface area contributed by atoms with Crippen LogP contribution in [-0.2, 0) is 6.42 Å². The molecule has 1 aliphatic rings. The first-order valence-electron chi connectivity index (χ1n) is 6.14. The lowest BCUT2D eigenvalue weighted by Gasteiger charge is -2.25. The van der Waals surface area contributed by atoms with Crippen LogP contribution in [0.1, 0.15) is 36.3 Å². The summed E-state index contributed by atoms with van der Waals surface area (Å²) in [4.78, 5) is 0. The van der Waals surface area contributed by atoms with Crippen molar-refractivity contribution < 1.29 is 0 Å². The summed E-state index contributed by atoms with van der Waals surface area (Å²) in [6.45, 7) is 2.01. The van der Waals surface area contributed by atoms with Crippen LogP contribution < -0.4 is 5.32 Å². The molecule has 1 aromatic carbocycles. The number of benzene rings is 1. The maximum atomic E-state index is 5.23. The molecule has 0 bridgehead atoms. The highest BCUT2D eigenvalue weighted by Gasteiger charge is 2.18. The Labute approximate surface area is 98.3 Å². The molecule has 0 fully saturated rings. The summed E-state index contributed by atoms with van der Waals surface area (Å²) in [6, 6.07) is 8.84. The van der Waals surface area contributed by atoms with Crippen LogP contribution in [-0.4, -0.2) is 13.1 Å². The third kappa shape index (κ3) is 2.65. The van der Waals surface area contributed by atoms with Gasteiger partial charge in [-0.15, -0.1) is 12.3 Å². The maximum Gasteiger partial charge on any atom is 0.0211 e. The van der Waals surface area contributed by atoms with E-state index < -0.39 is 0 Å². The lowest BCUT2D eigenvalue weighted by Crippen LogP contribution is -2.25. The van der Waals surface area contributed by atoms with Crippen LogP contribution in [0.4, 0.5) is 0 Å². The Morgan fingerprint density at radius 2 is 2.25 bits per heavy atom. The van der Waals surface area contributed by atoms with Gasteiger partial charge in [0, 0.05) is 19.5 Å². The van der Waals surface area contributed by atoms with Crippen molar-refractivity contribution in [3.63, 3.8) is 0 Å². The minimum atomic E-state index is 0.683. The van der Waals surface area contributed by atoms with Crippen LogP contribution >= 0.6 is 0 Å². The third-order valence-electron chi connectivity index (χ3n) is 3.33. The van der Waals surface area contributed by atoms with Crippen LogP contribution in [0, 0.1) is 12.3 Å². The molecule has 1 heteroatoms. The van der Waals surface area contributed by atoms with Gasteiger partial charge in [0.2, 0.25) is 0 Å². The molecule has 0 saturated carbocycles. The minimum Gasteiger partial charge on any atom is -0.315 e. The first-order valence-corrected chi connectivity index (χ1v) is 6.14. The highest BCUT2D eigenvalue weighted by Crippen LogP contribution is 2.30. The van der Waals surface area contributed by atoms with Crippen LogP contribution in [0.15, 0.2) is 24.3 Å². The first-order chi connectivity index (χ1) is 7.92. The molecule has 1 aliphatic carbocycles. The zero-order chi connectivity index (χ0) is 11.2. The van der Waals surface area contributed by atoms with Gasteiger partial charge >= 0.3 is 0 Å². The van der Waals surface area contributed by atoms with Gasteiger partial charge in [0.25, 0.3) is 0 Å². The average molecular weight is 213 g/mol. The Morgan fingerprint density at radius 3 is 3.12 bits per heavy atom. The molecule has 1 N–H and O–H groups in total. The van der Waals surface area contributed by atoms with Crippen molar-refractivity contribution in [3.8, 4) is 12.3 Å². The van der Waals surface area contributed by atoms with Crippen LogP contribution in [0.3, 0.4) is 0 Å². The molecule has 0 aromatic heterocycles. The van der Waals surface area contributed by atoms with E-state index in [2.05, 4.69) is 35.5 Å². The van der Waals surface area contributed by atoms with E-state index in [-0.39, 0.29) is 0 Å². The number of aryl methyl sites for hydroxylation is 1. The van der Waals surface area contributed by atoms with Crippen molar-refractivity contribution >= 4 is 0 Å². The summed E-state index contributed by atoms with van der Waals surface area (Å²) >= 11 is 0. The largest absolute Gasteiger partial charge is 0.315 e. The summed E-state index contributed by atoms with van der Waals surface area (Å²) in [7, 11) is 0. The molecule has 1 atom stereocenters.